The molecule has 0 aromatic heterocycles. The van der Waals surface area contributed by atoms with Crippen LogP contribution < -0.4 is 10.1 Å². The number of carbonyl (C=O) groups is 1. The van der Waals surface area contributed by atoms with Crippen LogP contribution in [0.5, 0.6) is 5.75 Å². The van der Waals surface area contributed by atoms with Crippen LogP contribution in [0.2, 0.25) is 0 Å². The number of nitrogens with one attached hydrogen (secondary N) is 1. The van der Waals surface area contributed by atoms with Crippen LogP contribution in [0.15, 0.2) is 40.9 Å². The molecule has 0 fully saturated rings. The summed E-state index contributed by atoms with van der Waals surface area (Å²) in [5, 5.41) is 2.86. The van der Waals surface area contributed by atoms with Crippen molar-refractivity contribution in [2.24, 2.45) is 0 Å². The molecular formula is C17H15BrFNO2. The van der Waals surface area contributed by atoms with Gasteiger partial charge in [-0.15, -0.1) is 0 Å². The lowest BCUT2D eigenvalue weighted by Crippen LogP contribution is -2.34. The van der Waals surface area contributed by atoms with Crippen LogP contribution in [0.1, 0.15) is 21.5 Å². The van der Waals surface area contributed by atoms with Crippen molar-refractivity contribution < 1.29 is 13.9 Å². The van der Waals surface area contributed by atoms with E-state index >= 15 is 0 Å². The van der Waals surface area contributed by atoms with Crippen LogP contribution >= 0.6 is 15.9 Å². The number of hydrogen-bond donors (Lipinski definition) is 1. The molecule has 3 nitrogen and oxygen atoms in total. The van der Waals surface area contributed by atoms with Crippen molar-refractivity contribution in [3.05, 3.63) is 63.4 Å². The molecule has 0 spiro atoms. The highest BCUT2D eigenvalue weighted by molar-refractivity contribution is 9.10. The smallest absolute Gasteiger partial charge is 0.251 e. The summed E-state index contributed by atoms with van der Waals surface area (Å²) in [4.78, 5) is 12.1. The van der Waals surface area contributed by atoms with E-state index in [0.29, 0.717) is 24.3 Å². The quantitative estimate of drug-likeness (QED) is 0.903. The molecule has 114 valence electrons. The molecule has 1 aliphatic heterocycles. The lowest BCUT2D eigenvalue weighted by Gasteiger charge is -2.12. The van der Waals surface area contributed by atoms with Crippen molar-refractivity contribution in [2.45, 2.75) is 19.4 Å². The highest BCUT2D eigenvalue weighted by Gasteiger charge is 2.23. The van der Waals surface area contributed by atoms with Gasteiger partial charge in [-0.1, -0.05) is 15.9 Å². The van der Waals surface area contributed by atoms with Gasteiger partial charge in [0, 0.05) is 22.0 Å². The molecule has 2 aromatic carbocycles. The number of rotatable bonds is 3. The molecule has 1 unspecified atom stereocenters. The van der Waals surface area contributed by atoms with E-state index in [1.54, 1.807) is 12.1 Å². The minimum atomic E-state index is -0.266. The van der Waals surface area contributed by atoms with Gasteiger partial charge in [-0.2, -0.15) is 0 Å². The van der Waals surface area contributed by atoms with Crippen molar-refractivity contribution in [2.75, 3.05) is 6.54 Å². The fraction of sp³-hybridized carbons (Fsp3) is 0.235. The average molecular weight is 364 g/mol. The van der Waals surface area contributed by atoms with Crippen LogP contribution in [0.4, 0.5) is 4.39 Å². The first kappa shape index (κ1) is 15.0. The number of benzene rings is 2. The second-order valence-corrected chi connectivity index (χ2v) is 6.22. The van der Waals surface area contributed by atoms with E-state index in [-0.39, 0.29) is 17.8 Å². The zero-order valence-electron chi connectivity index (χ0n) is 12.0. The Balaban J connectivity index is 1.59. The zero-order chi connectivity index (χ0) is 15.7. The van der Waals surface area contributed by atoms with Crippen LogP contribution in [-0.2, 0) is 6.42 Å². The Morgan fingerprint density at radius 2 is 2.18 bits per heavy atom. The first-order valence-electron chi connectivity index (χ1n) is 7.02. The van der Waals surface area contributed by atoms with E-state index < -0.39 is 0 Å². The number of fused-ring (bicyclic) bond motifs is 1. The third-order valence-corrected chi connectivity index (χ3v) is 4.56. The summed E-state index contributed by atoms with van der Waals surface area (Å²) in [6, 6.07) is 9.95. The highest BCUT2D eigenvalue weighted by Crippen LogP contribution is 2.29. The van der Waals surface area contributed by atoms with Crippen LogP contribution in [0, 0.1) is 12.7 Å². The molecule has 22 heavy (non-hydrogen) atoms. The number of ether oxygens (including phenoxy) is 1. The molecule has 0 aliphatic carbocycles. The van der Waals surface area contributed by atoms with Gasteiger partial charge in [-0.05, 0) is 48.9 Å². The Bertz CT molecular complexity index is 733. The molecule has 0 saturated heterocycles. The molecule has 0 saturated carbocycles. The second kappa shape index (κ2) is 6.08. The van der Waals surface area contributed by atoms with E-state index in [9.17, 15) is 9.18 Å². The number of amides is 1. The van der Waals surface area contributed by atoms with E-state index in [1.807, 2.05) is 19.1 Å². The predicted octanol–water partition coefficient (Wildman–Crippen LogP) is 3.63. The molecule has 5 heteroatoms. The molecule has 2 aromatic rings. The van der Waals surface area contributed by atoms with Crippen molar-refractivity contribution in [1.29, 1.82) is 0 Å². The molecule has 0 bridgehead atoms. The van der Waals surface area contributed by atoms with E-state index in [2.05, 4.69) is 21.2 Å². The number of hydrogen-bond acceptors (Lipinski definition) is 2. The molecule has 1 atom stereocenters. The van der Waals surface area contributed by atoms with Gasteiger partial charge >= 0.3 is 0 Å². The number of aryl methyl sites for hydroxylation is 1. The molecule has 1 N–H and O–H groups in total. The van der Waals surface area contributed by atoms with Gasteiger partial charge < -0.3 is 10.1 Å². The number of carbonyl (C=O) groups excluding carboxylic acids is 1. The summed E-state index contributed by atoms with van der Waals surface area (Å²) in [5.41, 5.74) is 2.47. The van der Waals surface area contributed by atoms with E-state index in [4.69, 9.17) is 4.74 Å². The summed E-state index contributed by atoms with van der Waals surface area (Å²) in [7, 11) is 0. The first-order valence-corrected chi connectivity index (χ1v) is 7.81. The average Bonchev–Trinajstić information content (AvgIpc) is 2.89. The van der Waals surface area contributed by atoms with Crippen LogP contribution in [0.25, 0.3) is 0 Å². The topological polar surface area (TPSA) is 38.3 Å². The Labute approximate surface area is 136 Å². The number of halogens is 2. The summed E-state index contributed by atoms with van der Waals surface area (Å²) < 4.78 is 19.8. The third kappa shape index (κ3) is 3.14. The van der Waals surface area contributed by atoms with Gasteiger partial charge in [0.1, 0.15) is 17.7 Å². The van der Waals surface area contributed by atoms with E-state index in [0.717, 1.165) is 15.6 Å². The maximum absolute atomic E-state index is 13.2. The van der Waals surface area contributed by atoms with Crippen LogP contribution in [-0.4, -0.2) is 18.6 Å². The fourth-order valence-corrected chi connectivity index (χ4v) is 2.74. The van der Waals surface area contributed by atoms with Gasteiger partial charge in [0.05, 0.1) is 6.54 Å². The fourth-order valence-electron chi connectivity index (χ4n) is 2.50. The summed E-state index contributed by atoms with van der Waals surface area (Å²) in [6.45, 7) is 2.33. The molecule has 1 amide bonds. The van der Waals surface area contributed by atoms with Crippen LogP contribution in [0.3, 0.4) is 0 Å². The first-order chi connectivity index (χ1) is 10.5. The highest BCUT2D eigenvalue weighted by atomic mass is 79.9. The normalized spacial score (nSPS) is 16.0. The molecule has 1 aliphatic rings. The van der Waals surface area contributed by atoms with Gasteiger partial charge in [0.15, 0.2) is 0 Å². The molecule has 0 radical (unpaired) electrons. The summed E-state index contributed by atoms with van der Waals surface area (Å²) in [5.74, 6) is 0.291. The van der Waals surface area contributed by atoms with E-state index in [1.165, 1.54) is 12.1 Å². The zero-order valence-corrected chi connectivity index (χ0v) is 13.6. The second-order valence-electron chi connectivity index (χ2n) is 5.37. The SMILES string of the molecule is Cc1cc(C(=O)NCC2Cc3cc(F)ccc3O2)ccc1Br. The minimum Gasteiger partial charge on any atom is -0.488 e. The summed E-state index contributed by atoms with van der Waals surface area (Å²) >= 11 is 3.41. The van der Waals surface area contributed by atoms with Crippen molar-refractivity contribution in [1.82, 2.24) is 5.32 Å². The van der Waals surface area contributed by atoms with Gasteiger partial charge in [-0.25, -0.2) is 4.39 Å². The Morgan fingerprint density at radius 3 is 2.95 bits per heavy atom. The summed E-state index contributed by atoms with van der Waals surface area (Å²) in [6.07, 6.45) is 0.449. The standard InChI is InChI=1S/C17H15BrFNO2/c1-10-6-11(2-4-15(10)18)17(21)20-9-14-8-12-7-13(19)3-5-16(12)22-14/h2-7,14H,8-9H2,1H3,(H,20,21). The lowest BCUT2D eigenvalue weighted by atomic mass is 10.1. The van der Waals surface area contributed by atoms with Gasteiger partial charge in [0.25, 0.3) is 5.91 Å². The monoisotopic (exact) mass is 363 g/mol. The minimum absolute atomic E-state index is 0.138. The maximum atomic E-state index is 13.2. The predicted molar refractivity (Wildman–Crippen MR) is 85.7 cm³/mol. The van der Waals surface area contributed by atoms with Crippen molar-refractivity contribution >= 4 is 21.8 Å². The molecule has 3 rings (SSSR count). The van der Waals surface area contributed by atoms with Crippen molar-refractivity contribution in [3.63, 3.8) is 0 Å². The van der Waals surface area contributed by atoms with Crippen molar-refractivity contribution in [3.8, 4) is 5.75 Å². The Hall–Kier alpha value is -1.88. The maximum Gasteiger partial charge on any atom is 0.251 e. The molecule has 1 heterocycles. The third-order valence-electron chi connectivity index (χ3n) is 3.67. The van der Waals surface area contributed by atoms with Gasteiger partial charge in [0.2, 0.25) is 0 Å². The van der Waals surface area contributed by atoms with Gasteiger partial charge in [-0.3, -0.25) is 4.79 Å². The lowest BCUT2D eigenvalue weighted by molar-refractivity contribution is 0.0933. The largest absolute Gasteiger partial charge is 0.488 e. The Morgan fingerprint density at radius 1 is 1.36 bits per heavy atom. The Kier molecular flexibility index (Phi) is 4.16. The molecular weight excluding hydrogens is 349 g/mol.